The molecule has 25 heavy (non-hydrogen) atoms. The fourth-order valence-electron chi connectivity index (χ4n) is 2.23. The highest BCUT2D eigenvalue weighted by Crippen LogP contribution is 2.26. The number of carbonyl (C=O) groups is 2. The van der Waals surface area contributed by atoms with Gasteiger partial charge < -0.3 is 4.74 Å². The van der Waals surface area contributed by atoms with Crippen LogP contribution in [0.5, 0.6) is 0 Å². The van der Waals surface area contributed by atoms with Crippen LogP contribution in [0.2, 0.25) is 0 Å². The van der Waals surface area contributed by atoms with Crippen LogP contribution in [0.4, 0.5) is 10.5 Å². The highest BCUT2D eigenvalue weighted by molar-refractivity contribution is 6.03. The second kappa shape index (κ2) is 7.47. The first kappa shape index (κ1) is 18.6. The molecule has 1 aromatic heterocycles. The number of rotatable bonds is 4. The monoisotopic (exact) mass is 340 g/mol. The molecule has 5 heteroatoms. The third-order valence-electron chi connectivity index (χ3n) is 3.39. The number of hydrogen-bond donors (Lipinski definition) is 1. The van der Waals surface area contributed by atoms with Gasteiger partial charge in [0.15, 0.2) is 5.78 Å². The molecule has 0 saturated heterocycles. The van der Waals surface area contributed by atoms with Gasteiger partial charge in [-0.15, -0.1) is 0 Å². The molecule has 0 aliphatic heterocycles. The Labute approximate surface area is 148 Å². The van der Waals surface area contributed by atoms with Crippen molar-refractivity contribution in [2.24, 2.45) is 5.92 Å². The average Bonchev–Trinajstić information content (AvgIpc) is 2.53. The van der Waals surface area contributed by atoms with Crippen molar-refractivity contribution >= 4 is 17.6 Å². The van der Waals surface area contributed by atoms with E-state index in [9.17, 15) is 9.59 Å². The van der Waals surface area contributed by atoms with E-state index in [1.165, 1.54) is 0 Å². The lowest BCUT2D eigenvalue weighted by atomic mass is 10.0. The summed E-state index contributed by atoms with van der Waals surface area (Å²) < 4.78 is 5.29. The summed E-state index contributed by atoms with van der Waals surface area (Å²) in [5, 5.41) is 2.67. The van der Waals surface area contributed by atoms with Gasteiger partial charge >= 0.3 is 6.09 Å². The molecule has 0 bridgehead atoms. The Morgan fingerprint density at radius 3 is 2.28 bits per heavy atom. The van der Waals surface area contributed by atoms with Gasteiger partial charge in [0, 0.05) is 17.7 Å². The lowest BCUT2D eigenvalue weighted by molar-refractivity contribution is 0.0636. The van der Waals surface area contributed by atoms with Crippen LogP contribution in [-0.4, -0.2) is 22.5 Å². The van der Waals surface area contributed by atoms with Gasteiger partial charge in [-0.05, 0) is 32.4 Å². The van der Waals surface area contributed by atoms with Gasteiger partial charge in [0.2, 0.25) is 0 Å². The van der Waals surface area contributed by atoms with Crippen LogP contribution in [0.1, 0.15) is 45.1 Å². The van der Waals surface area contributed by atoms with Gasteiger partial charge in [-0.25, -0.2) is 4.79 Å². The summed E-state index contributed by atoms with van der Waals surface area (Å²) in [6.45, 7) is 8.95. The number of ketones is 1. The highest BCUT2D eigenvalue weighted by Gasteiger charge is 2.22. The summed E-state index contributed by atoms with van der Waals surface area (Å²) in [7, 11) is 0. The van der Waals surface area contributed by atoms with Crippen LogP contribution < -0.4 is 5.32 Å². The summed E-state index contributed by atoms with van der Waals surface area (Å²) >= 11 is 0. The third kappa shape index (κ3) is 5.14. The van der Waals surface area contributed by atoms with E-state index in [4.69, 9.17) is 4.74 Å². The molecular weight excluding hydrogens is 316 g/mol. The molecule has 0 saturated carbocycles. The van der Waals surface area contributed by atoms with Gasteiger partial charge in [0.1, 0.15) is 11.3 Å². The van der Waals surface area contributed by atoms with Crippen LogP contribution >= 0.6 is 0 Å². The molecule has 1 N–H and O–H groups in total. The maximum Gasteiger partial charge on any atom is 0.412 e. The molecule has 1 aromatic carbocycles. The molecule has 0 atom stereocenters. The minimum Gasteiger partial charge on any atom is -0.444 e. The van der Waals surface area contributed by atoms with Crippen LogP contribution in [-0.2, 0) is 4.74 Å². The fraction of sp³-hybridized carbons (Fsp3) is 0.350. The van der Waals surface area contributed by atoms with Crippen molar-refractivity contribution in [1.82, 2.24) is 4.98 Å². The van der Waals surface area contributed by atoms with Crippen LogP contribution in [0.3, 0.4) is 0 Å². The van der Waals surface area contributed by atoms with E-state index < -0.39 is 11.7 Å². The Morgan fingerprint density at radius 2 is 1.72 bits per heavy atom. The van der Waals surface area contributed by atoms with Crippen LogP contribution in [0.15, 0.2) is 42.6 Å². The number of Topliss-reactive ketones (excluding diaryl/α,β-unsaturated/α-hetero) is 1. The minimum absolute atomic E-state index is 0.134. The average molecular weight is 340 g/mol. The van der Waals surface area contributed by atoms with E-state index in [0.29, 0.717) is 5.69 Å². The van der Waals surface area contributed by atoms with Crippen LogP contribution in [0.25, 0.3) is 11.1 Å². The number of ether oxygens (including phenoxy) is 1. The lowest BCUT2D eigenvalue weighted by Gasteiger charge is -2.20. The Bertz CT molecular complexity index is 762. The third-order valence-corrected chi connectivity index (χ3v) is 3.39. The predicted molar refractivity (Wildman–Crippen MR) is 98.7 cm³/mol. The number of anilines is 1. The molecule has 5 nitrogen and oxygen atoms in total. The van der Waals surface area contributed by atoms with E-state index in [1.807, 2.05) is 30.3 Å². The molecular formula is C20H24N2O3. The maximum atomic E-state index is 12.4. The molecule has 0 unspecified atom stereocenters. The van der Waals surface area contributed by atoms with Gasteiger partial charge in [-0.1, -0.05) is 44.2 Å². The fourth-order valence-corrected chi connectivity index (χ4v) is 2.23. The number of nitrogens with one attached hydrogen (secondary N) is 1. The number of aromatic nitrogens is 1. The Kier molecular flexibility index (Phi) is 5.57. The number of carbonyl (C=O) groups excluding carboxylic acids is 2. The van der Waals surface area contributed by atoms with Gasteiger partial charge in [0.25, 0.3) is 0 Å². The zero-order chi connectivity index (χ0) is 18.6. The Morgan fingerprint density at radius 1 is 1.08 bits per heavy atom. The topological polar surface area (TPSA) is 68.3 Å². The molecule has 2 aromatic rings. The summed E-state index contributed by atoms with van der Waals surface area (Å²) in [5.41, 5.74) is 1.73. The molecule has 0 aliphatic rings. The van der Waals surface area contributed by atoms with E-state index in [1.54, 1.807) is 46.9 Å². The highest BCUT2D eigenvalue weighted by atomic mass is 16.6. The van der Waals surface area contributed by atoms with E-state index in [-0.39, 0.29) is 17.4 Å². The zero-order valence-electron chi connectivity index (χ0n) is 15.3. The zero-order valence-corrected chi connectivity index (χ0v) is 15.3. The Hall–Kier alpha value is -2.69. The SMILES string of the molecule is CC(C)C(=O)c1ncc(-c2ccccc2)cc1NC(=O)OC(C)(C)C. The smallest absolute Gasteiger partial charge is 0.412 e. The molecule has 132 valence electrons. The molecule has 0 radical (unpaired) electrons. The standard InChI is InChI=1S/C20H24N2O3/c1-13(2)18(23)17-16(22-19(24)25-20(3,4)5)11-15(12-21-17)14-9-7-6-8-10-14/h6-13H,1-5H3,(H,22,24). The number of pyridine rings is 1. The second-order valence-corrected chi connectivity index (χ2v) is 7.13. The van der Waals surface area contributed by atoms with Crippen LogP contribution in [0, 0.1) is 5.92 Å². The largest absolute Gasteiger partial charge is 0.444 e. The van der Waals surface area contributed by atoms with Crippen molar-refractivity contribution < 1.29 is 14.3 Å². The van der Waals surface area contributed by atoms with E-state index >= 15 is 0 Å². The molecule has 0 spiro atoms. The number of amides is 1. The summed E-state index contributed by atoms with van der Waals surface area (Å²) in [4.78, 5) is 28.9. The number of nitrogens with zero attached hydrogens (tertiary/aromatic N) is 1. The van der Waals surface area contributed by atoms with Gasteiger partial charge in [-0.2, -0.15) is 0 Å². The molecule has 2 rings (SSSR count). The molecule has 0 aliphatic carbocycles. The molecule has 1 heterocycles. The maximum absolute atomic E-state index is 12.4. The second-order valence-electron chi connectivity index (χ2n) is 7.13. The van der Waals surface area contributed by atoms with Gasteiger partial charge in [-0.3, -0.25) is 15.1 Å². The lowest BCUT2D eigenvalue weighted by Crippen LogP contribution is -2.28. The van der Waals surface area contributed by atoms with Gasteiger partial charge in [0.05, 0.1) is 5.69 Å². The number of benzene rings is 1. The van der Waals surface area contributed by atoms with Crippen molar-refractivity contribution in [3.05, 3.63) is 48.3 Å². The molecule has 1 amide bonds. The number of hydrogen-bond acceptors (Lipinski definition) is 4. The quantitative estimate of drug-likeness (QED) is 0.801. The summed E-state index contributed by atoms with van der Waals surface area (Å²) in [5.74, 6) is -0.361. The first-order valence-corrected chi connectivity index (χ1v) is 8.27. The summed E-state index contributed by atoms with van der Waals surface area (Å²) in [6.07, 6.45) is 1.03. The van der Waals surface area contributed by atoms with Crippen molar-refractivity contribution in [3.63, 3.8) is 0 Å². The van der Waals surface area contributed by atoms with Crippen molar-refractivity contribution in [2.45, 2.75) is 40.2 Å². The first-order valence-electron chi connectivity index (χ1n) is 8.27. The van der Waals surface area contributed by atoms with Crippen molar-refractivity contribution in [2.75, 3.05) is 5.32 Å². The Balaban J connectivity index is 2.41. The van der Waals surface area contributed by atoms with Crippen molar-refractivity contribution in [1.29, 1.82) is 0 Å². The normalized spacial score (nSPS) is 11.3. The summed E-state index contributed by atoms with van der Waals surface area (Å²) in [6, 6.07) is 11.4. The van der Waals surface area contributed by atoms with E-state index in [0.717, 1.165) is 11.1 Å². The first-order chi connectivity index (χ1) is 11.7. The van der Waals surface area contributed by atoms with Crippen molar-refractivity contribution in [3.8, 4) is 11.1 Å². The van der Waals surface area contributed by atoms with E-state index in [2.05, 4.69) is 10.3 Å². The minimum atomic E-state index is -0.628. The molecule has 0 fully saturated rings. The predicted octanol–water partition coefficient (Wildman–Crippen LogP) is 4.93.